The zero-order valence-corrected chi connectivity index (χ0v) is 12.4. The lowest BCUT2D eigenvalue weighted by Gasteiger charge is -2.33. The Balaban J connectivity index is 2.65. The first-order chi connectivity index (χ1) is 8.86. The molecular formula is C14H26N2O3. The van der Waals surface area contributed by atoms with E-state index in [2.05, 4.69) is 0 Å². The summed E-state index contributed by atoms with van der Waals surface area (Å²) in [6.07, 6.45) is 2.41. The number of rotatable bonds is 7. The quantitative estimate of drug-likeness (QED) is 0.772. The van der Waals surface area contributed by atoms with Crippen LogP contribution in [0.2, 0.25) is 0 Å². The van der Waals surface area contributed by atoms with Crippen molar-refractivity contribution in [2.24, 2.45) is 11.8 Å². The fraction of sp³-hybridized carbons (Fsp3) is 0.857. The van der Waals surface area contributed by atoms with E-state index in [1.165, 1.54) is 12.8 Å². The average Bonchev–Trinajstić information content (AvgIpc) is 3.15. The van der Waals surface area contributed by atoms with Gasteiger partial charge in [-0.1, -0.05) is 6.92 Å². The van der Waals surface area contributed by atoms with Crippen molar-refractivity contribution in [2.45, 2.75) is 46.6 Å². The van der Waals surface area contributed by atoms with Gasteiger partial charge < -0.3 is 14.9 Å². The van der Waals surface area contributed by atoms with Crippen LogP contribution in [0.5, 0.6) is 0 Å². The maximum atomic E-state index is 12.5. The number of hydrogen-bond acceptors (Lipinski definition) is 2. The normalized spacial score (nSPS) is 16.3. The molecule has 0 saturated heterocycles. The molecule has 1 fully saturated rings. The van der Waals surface area contributed by atoms with E-state index in [-0.39, 0.29) is 18.6 Å². The zero-order valence-electron chi connectivity index (χ0n) is 12.4. The standard InChI is InChI=1S/C14H26N2O3/c1-5-15(8-11(4)13(17)18)14(19)16(10(2)3)9-12-6-7-12/h10-12H,5-9H2,1-4H3,(H,17,18). The number of carboxylic acid groups (broad SMARTS) is 1. The van der Waals surface area contributed by atoms with Gasteiger partial charge in [-0.25, -0.2) is 4.79 Å². The number of carboxylic acids is 1. The van der Waals surface area contributed by atoms with Crippen LogP contribution in [-0.4, -0.2) is 52.6 Å². The molecule has 0 radical (unpaired) electrons. The second-order valence-corrected chi connectivity index (χ2v) is 5.75. The molecule has 1 N–H and O–H groups in total. The Labute approximate surface area is 115 Å². The number of hydrogen-bond donors (Lipinski definition) is 1. The SMILES string of the molecule is CCN(CC(C)C(=O)O)C(=O)N(CC1CC1)C(C)C. The van der Waals surface area contributed by atoms with E-state index < -0.39 is 11.9 Å². The second-order valence-electron chi connectivity index (χ2n) is 5.75. The molecule has 5 heteroatoms. The van der Waals surface area contributed by atoms with Crippen molar-refractivity contribution >= 4 is 12.0 Å². The Morgan fingerprint density at radius 3 is 2.21 bits per heavy atom. The van der Waals surface area contributed by atoms with E-state index in [0.29, 0.717) is 12.5 Å². The summed E-state index contributed by atoms with van der Waals surface area (Å²) in [4.78, 5) is 26.9. The minimum atomic E-state index is -0.857. The first-order valence-electron chi connectivity index (χ1n) is 7.15. The van der Waals surface area contributed by atoms with Crippen LogP contribution >= 0.6 is 0 Å². The third-order valence-electron chi connectivity index (χ3n) is 3.59. The molecule has 1 rings (SSSR count). The lowest BCUT2D eigenvalue weighted by atomic mass is 10.1. The van der Waals surface area contributed by atoms with Crippen molar-refractivity contribution in [1.82, 2.24) is 9.80 Å². The van der Waals surface area contributed by atoms with Crippen LogP contribution in [0, 0.1) is 11.8 Å². The summed E-state index contributed by atoms with van der Waals surface area (Å²) in [6, 6.07) is 0.125. The van der Waals surface area contributed by atoms with Crippen molar-refractivity contribution in [1.29, 1.82) is 0 Å². The van der Waals surface area contributed by atoms with E-state index in [1.807, 2.05) is 25.7 Å². The predicted octanol–water partition coefficient (Wildman–Crippen LogP) is 2.27. The van der Waals surface area contributed by atoms with Gasteiger partial charge in [0.05, 0.1) is 5.92 Å². The zero-order chi connectivity index (χ0) is 14.6. The summed E-state index contributed by atoms with van der Waals surface area (Å²) in [5.41, 5.74) is 0. The summed E-state index contributed by atoms with van der Waals surface area (Å²) in [5, 5.41) is 8.96. The lowest BCUT2D eigenvalue weighted by Crippen LogP contribution is -2.49. The van der Waals surface area contributed by atoms with E-state index >= 15 is 0 Å². The molecule has 1 aliphatic rings. The largest absolute Gasteiger partial charge is 0.481 e. The number of amides is 2. The highest BCUT2D eigenvalue weighted by atomic mass is 16.4. The van der Waals surface area contributed by atoms with Gasteiger partial charge >= 0.3 is 12.0 Å². The second kappa shape index (κ2) is 6.78. The van der Waals surface area contributed by atoms with Crippen molar-refractivity contribution in [3.05, 3.63) is 0 Å². The molecule has 0 spiro atoms. The van der Waals surface area contributed by atoms with Crippen LogP contribution in [0.25, 0.3) is 0 Å². The summed E-state index contributed by atoms with van der Waals surface area (Å²) in [7, 11) is 0. The van der Waals surface area contributed by atoms with Gasteiger partial charge in [0, 0.05) is 25.7 Å². The molecule has 110 valence electrons. The highest BCUT2D eigenvalue weighted by molar-refractivity contribution is 5.76. The van der Waals surface area contributed by atoms with Crippen LogP contribution in [0.1, 0.15) is 40.5 Å². The molecule has 19 heavy (non-hydrogen) atoms. The third kappa shape index (κ3) is 4.73. The molecule has 0 aromatic carbocycles. The monoisotopic (exact) mass is 270 g/mol. The Hall–Kier alpha value is -1.26. The molecule has 1 atom stereocenters. The molecule has 0 aromatic rings. The Morgan fingerprint density at radius 2 is 1.84 bits per heavy atom. The van der Waals surface area contributed by atoms with Gasteiger partial charge in [0.1, 0.15) is 0 Å². The Kier molecular flexibility index (Phi) is 5.63. The first-order valence-corrected chi connectivity index (χ1v) is 7.15. The topological polar surface area (TPSA) is 60.9 Å². The molecule has 0 heterocycles. The van der Waals surface area contributed by atoms with Gasteiger partial charge in [0.15, 0.2) is 0 Å². The first kappa shape index (κ1) is 15.8. The van der Waals surface area contributed by atoms with Gasteiger partial charge in [-0.05, 0) is 39.5 Å². The number of nitrogens with zero attached hydrogens (tertiary/aromatic N) is 2. The molecule has 5 nitrogen and oxygen atoms in total. The molecule has 1 saturated carbocycles. The highest BCUT2D eigenvalue weighted by Crippen LogP contribution is 2.30. The van der Waals surface area contributed by atoms with Crippen molar-refractivity contribution in [3.63, 3.8) is 0 Å². The smallest absolute Gasteiger partial charge is 0.320 e. The van der Waals surface area contributed by atoms with Crippen LogP contribution in [-0.2, 0) is 4.79 Å². The number of carbonyl (C=O) groups is 2. The van der Waals surface area contributed by atoms with Crippen LogP contribution in [0.4, 0.5) is 4.79 Å². The van der Waals surface area contributed by atoms with Crippen molar-refractivity contribution in [2.75, 3.05) is 19.6 Å². The molecule has 0 aromatic heterocycles. The molecule has 1 unspecified atom stereocenters. The van der Waals surface area contributed by atoms with E-state index in [9.17, 15) is 9.59 Å². The van der Waals surface area contributed by atoms with Crippen LogP contribution < -0.4 is 0 Å². The molecular weight excluding hydrogens is 244 g/mol. The fourth-order valence-electron chi connectivity index (χ4n) is 2.02. The van der Waals surface area contributed by atoms with Gasteiger partial charge in [-0.15, -0.1) is 0 Å². The van der Waals surface area contributed by atoms with Gasteiger partial charge in [-0.3, -0.25) is 4.79 Å². The van der Waals surface area contributed by atoms with Gasteiger partial charge in [0.25, 0.3) is 0 Å². The van der Waals surface area contributed by atoms with E-state index in [0.717, 1.165) is 6.54 Å². The van der Waals surface area contributed by atoms with Gasteiger partial charge in [-0.2, -0.15) is 0 Å². The van der Waals surface area contributed by atoms with Gasteiger partial charge in [0.2, 0.25) is 0 Å². The summed E-state index contributed by atoms with van der Waals surface area (Å²) < 4.78 is 0. The third-order valence-corrected chi connectivity index (χ3v) is 3.59. The molecule has 0 aliphatic heterocycles. The summed E-state index contributed by atoms with van der Waals surface area (Å²) >= 11 is 0. The molecule has 2 amide bonds. The minimum Gasteiger partial charge on any atom is -0.481 e. The number of carbonyl (C=O) groups excluding carboxylic acids is 1. The number of urea groups is 1. The molecule has 1 aliphatic carbocycles. The maximum absolute atomic E-state index is 12.5. The van der Waals surface area contributed by atoms with Crippen molar-refractivity contribution < 1.29 is 14.7 Å². The fourth-order valence-corrected chi connectivity index (χ4v) is 2.02. The lowest BCUT2D eigenvalue weighted by molar-refractivity contribution is -0.141. The molecule has 0 bridgehead atoms. The van der Waals surface area contributed by atoms with Crippen LogP contribution in [0.3, 0.4) is 0 Å². The minimum absolute atomic E-state index is 0.0301. The van der Waals surface area contributed by atoms with E-state index in [4.69, 9.17) is 5.11 Å². The summed E-state index contributed by atoms with van der Waals surface area (Å²) in [5.74, 6) is -0.745. The Bertz CT molecular complexity index is 327. The van der Waals surface area contributed by atoms with E-state index in [1.54, 1.807) is 11.8 Å². The predicted molar refractivity (Wildman–Crippen MR) is 74.0 cm³/mol. The summed E-state index contributed by atoms with van der Waals surface area (Å²) in [6.45, 7) is 9.17. The Morgan fingerprint density at radius 1 is 1.26 bits per heavy atom. The van der Waals surface area contributed by atoms with Crippen LogP contribution in [0.15, 0.2) is 0 Å². The van der Waals surface area contributed by atoms with Crippen molar-refractivity contribution in [3.8, 4) is 0 Å². The highest BCUT2D eigenvalue weighted by Gasteiger charge is 2.31. The average molecular weight is 270 g/mol. The number of aliphatic carboxylic acids is 1. The maximum Gasteiger partial charge on any atom is 0.320 e.